The molecular formula is C22H24N4O5. The van der Waals surface area contributed by atoms with Crippen molar-refractivity contribution in [1.82, 2.24) is 10.6 Å². The second kappa shape index (κ2) is 9.75. The molecule has 9 heteroatoms. The number of rotatable bonds is 8. The molecular weight excluding hydrogens is 400 g/mol. The van der Waals surface area contributed by atoms with E-state index in [4.69, 9.17) is 10.5 Å². The van der Waals surface area contributed by atoms with Crippen molar-refractivity contribution in [3.8, 4) is 5.75 Å². The first kappa shape index (κ1) is 21.8. The molecule has 0 radical (unpaired) electrons. The van der Waals surface area contributed by atoms with E-state index in [0.29, 0.717) is 23.5 Å². The number of benzene rings is 2. The summed E-state index contributed by atoms with van der Waals surface area (Å²) in [6.45, 7) is 0.339. The van der Waals surface area contributed by atoms with Gasteiger partial charge in [0.2, 0.25) is 17.7 Å². The van der Waals surface area contributed by atoms with Crippen LogP contribution in [0.25, 0.3) is 0 Å². The third kappa shape index (κ3) is 5.59. The summed E-state index contributed by atoms with van der Waals surface area (Å²) in [6, 6.07) is 13.8. The SMILES string of the molecule is COc1cccc(N2CC(C(=O)NCc3ccc(C(=O)NCC(N)=O)cc3)CC2=O)c1. The average molecular weight is 424 g/mol. The quantitative estimate of drug-likeness (QED) is 0.571. The highest BCUT2D eigenvalue weighted by Crippen LogP contribution is 2.28. The average Bonchev–Trinajstić information content (AvgIpc) is 3.18. The Bertz CT molecular complexity index is 990. The number of nitrogens with two attached hydrogens (primary N) is 1. The van der Waals surface area contributed by atoms with Gasteiger partial charge >= 0.3 is 0 Å². The molecule has 31 heavy (non-hydrogen) atoms. The Balaban J connectivity index is 1.53. The Hall–Kier alpha value is -3.88. The van der Waals surface area contributed by atoms with Gasteiger partial charge < -0.3 is 26.0 Å². The minimum atomic E-state index is -0.622. The number of nitrogens with zero attached hydrogens (tertiary/aromatic N) is 1. The molecule has 1 unspecified atom stereocenters. The minimum absolute atomic E-state index is 0.111. The second-order valence-corrected chi connectivity index (χ2v) is 7.17. The highest BCUT2D eigenvalue weighted by atomic mass is 16.5. The van der Waals surface area contributed by atoms with Crippen molar-refractivity contribution in [2.75, 3.05) is 25.1 Å². The van der Waals surface area contributed by atoms with Gasteiger partial charge in [0.15, 0.2) is 0 Å². The summed E-state index contributed by atoms with van der Waals surface area (Å²) in [5, 5.41) is 5.25. The second-order valence-electron chi connectivity index (χ2n) is 7.17. The molecule has 1 saturated heterocycles. The Morgan fingerprint density at radius 1 is 1.13 bits per heavy atom. The van der Waals surface area contributed by atoms with E-state index in [9.17, 15) is 19.2 Å². The summed E-state index contributed by atoms with van der Waals surface area (Å²) in [6.07, 6.45) is 0.141. The zero-order valence-electron chi connectivity index (χ0n) is 17.1. The maximum Gasteiger partial charge on any atom is 0.251 e. The predicted octanol–water partition coefficient (Wildman–Crippen LogP) is 0.580. The van der Waals surface area contributed by atoms with E-state index < -0.39 is 17.7 Å². The molecule has 4 N–H and O–H groups in total. The number of primary amides is 1. The first-order chi connectivity index (χ1) is 14.9. The highest BCUT2D eigenvalue weighted by Gasteiger charge is 2.35. The Morgan fingerprint density at radius 3 is 2.55 bits per heavy atom. The number of hydrogen-bond donors (Lipinski definition) is 3. The van der Waals surface area contributed by atoms with Gasteiger partial charge in [-0.1, -0.05) is 18.2 Å². The van der Waals surface area contributed by atoms with Crippen LogP contribution in [0, 0.1) is 5.92 Å². The van der Waals surface area contributed by atoms with Crippen molar-refractivity contribution >= 4 is 29.3 Å². The lowest BCUT2D eigenvalue weighted by Gasteiger charge is -2.17. The standard InChI is InChI=1S/C22H24N4O5/c1-31-18-4-2-3-17(10-18)26-13-16(9-20(26)28)22(30)24-11-14-5-7-15(8-6-14)21(29)25-12-19(23)27/h2-8,10,16H,9,11-13H2,1H3,(H2,23,27)(H,24,30)(H,25,29). The van der Waals surface area contributed by atoms with E-state index in [-0.39, 0.29) is 31.3 Å². The van der Waals surface area contributed by atoms with Crippen LogP contribution in [0.15, 0.2) is 48.5 Å². The summed E-state index contributed by atoms with van der Waals surface area (Å²) in [5.41, 5.74) is 6.88. The van der Waals surface area contributed by atoms with Crippen LogP contribution in [-0.4, -0.2) is 43.8 Å². The van der Waals surface area contributed by atoms with Crippen molar-refractivity contribution in [2.24, 2.45) is 11.7 Å². The molecule has 1 heterocycles. The van der Waals surface area contributed by atoms with Crippen LogP contribution in [0.5, 0.6) is 5.75 Å². The molecule has 0 saturated carbocycles. The molecule has 3 rings (SSSR count). The molecule has 1 fully saturated rings. The van der Waals surface area contributed by atoms with Crippen molar-refractivity contribution in [1.29, 1.82) is 0 Å². The van der Waals surface area contributed by atoms with Crippen LogP contribution in [0.2, 0.25) is 0 Å². The normalized spacial score (nSPS) is 15.5. The fraction of sp³-hybridized carbons (Fsp3) is 0.273. The fourth-order valence-corrected chi connectivity index (χ4v) is 3.29. The number of ether oxygens (including phenoxy) is 1. The minimum Gasteiger partial charge on any atom is -0.497 e. The molecule has 162 valence electrons. The Labute approximate surface area is 179 Å². The third-order valence-electron chi connectivity index (χ3n) is 4.97. The number of carbonyl (C=O) groups is 4. The summed E-state index contributed by atoms with van der Waals surface area (Å²) in [5.74, 6) is -1.15. The van der Waals surface area contributed by atoms with Crippen molar-refractivity contribution in [3.63, 3.8) is 0 Å². The summed E-state index contributed by atoms with van der Waals surface area (Å²) < 4.78 is 5.20. The van der Waals surface area contributed by atoms with Crippen LogP contribution < -0.4 is 26.0 Å². The first-order valence-electron chi connectivity index (χ1n) is 9.75. The molecule has 4 amide bonds. The highest BCUT2D eigenvalue weighted by molar-refractivity contribution is 6.00. The lowest BCUT2D eigenvalue weighted by molar-refractivity contribution is -0.126. The zero-order chi connectivity index (χ0) is 22.4. The number of anilines is 1. The van der Waals surface area contributed by atoms with Crippen molar-refractivity contribution in [2.45, 2.75) is 13.0 Å². The van der Waals surface area contributed by atoms with E-state index in [1.165, 1.54) is 0 Å². The van der Waals surface area contributed by atoms with Gasteiger partial charge in [-0.2, -0.15) is 0 Å². The Kier molecular flexibility index (Phi) is 6.86. The van der Waals surface area contributed by atoms with Gasteiger partial charge in [-0.25, -0.2) is 0 Å². The van der Waals surface area contributed by atoms with Crippen molar-refractivity contribution < 1.29 is 23.9 Å². The molecule has 0 aliphatic carbocycles. The van der Waals surface area contributed by atoms with Crippen LogP contribution >= 0.6 is 0 Å². The van der Waals surface area contributed by atoms with Gasteiger partial charge in [0.05, 0.1) is 19.6 Å². The van der Waals surface area contributed by atoms with E-state index in [2.05, 4.69) is 10.6 Å². The largest absolute Gasteiger partial charge is 0.497 e. The lowest BCUT2D eigenvalue weighted by atomic mass is 10.1. The smallest absolute Gasteiger partial charge is 0.251 e. The van der Waals surface area contributed by atoms with Gasteiger partial charge in [-0.3, -0.25) is 19.2 Å². The van der Waals surface area contributed by atoms with Gasteiger partial charge in [0.1, 0.15) is 5.75 Å². The number of hydrogen-bond acceptors (Lipinski definition) is 5. The number of amides is 4. The van der Waals surface area contributed by atoms with Crippen LogP contribution in [0.4, 0.5) is 5.69 Å². The Morgan fingerprint density at radius 2 is 1.87 bits per heavy atom. The van der Waals surface area contributed by atoms with Gasteiger partial charge in [0, 0.05) is 36.8 Å². The van der Waals surface area contributed by atoms with E-state index in [1.807, 2.05) is 6.07 Å². The van der Waals surface area contributed by atoms with Crippen LogP contribution in [0.3, 0.4) is 0 Å². The molecule has 1 aliphatic heterocycles. The monoisotopic (exact) mass is 424 g/mol. The molecule has 1 aliphatic rings. The first-order valence-corrected chi connectivity index (χ1v) is 9.75. The maximum absolute atomic E-state index is 12.6. The molecule has 0 bridgehead atoms. The van der Waals surface area contributed by atoms with E-state index in [1.54, 1.807) is 54.5 Å². The van der Waals surface area contributed by atoms with Crippen molar-refractivity contribution in [3.05, 3.63) is 59.7 Å². The molecule has 2 aromatic carbocycles. The summed E-state index contributed by atoms with van der Waals surface area (Å²) in [4.78, 5) is 49.2. The molecule has 1 atom stereocenters. The zero-order valence-corrected chi connectivity index (χ0v) is 17.1. The maximum atomic E-state index is 12.6. The van der Waals surface area contributed by atoms with E-state index in [0.717, 1.165) is 5.56 Å². The summed E-state index contributed by atoms with van der Waals surface area (Å²) in [7, 11) is 1.56. The van der Waals surface area contributed by atoms with Gasteiger partial charge in [-0.05, 0) is 29.8 Å². The summed E-state index contributed by atoms with van der Waals surface area (Å²) >= 11 is 0. The number of nitrogens with one attached hydrogen (secondary N) is 2. The van der Waals surface area contributed by atoms with Crippen LogP contribution in [0.1, 0.15) is 22.3 Å². The fourth-order valence-electron chi connectivity index (χ4n) is 3.29. The number of methoxy groups -OCH3 is 1. The lowest BCUT2D eigenvalue weighted by Crippen LogP contribution is -2.33. The molecule has 9 nitrogen and oxygen atoms in total. The van der Waals surface area contributed by atoms with E-state index >= 15 is 0 Å². The number of carbonyl (C=O) groups excluding carboxylic acids is 4. The molecule has 0 spiro atoms. The molecule has 0 aromatic heterocycles. The predicted molar refractivity (Wildman–Crippen MR) is 113 cm³/mol. The molecule has 2 aromatic rings. The van der Waals surface area contributed by atoms with Gasteiger partial charge in [0.25, 0.3) is 5.91 Å². The van der Waals surface area contributed by atoms with Crippen LogP contribution in [-0.2, 0) is 20.9 Å². The third-order valence-corrected chi connectivity index (χ3v) is 4.97. The van der Waals surface area contributed by atoms with Gasteiger partial charge in [-0.15, -0.1) is 0 Å². The topological polar surface area (TPSA) is 131 Å².